The first-order valence-corrected chi connectivity index (χ1v) is 8.18. The number of nitrogens with one attached hydrogen (secondary N) is 1. The van der Waals surface area contributed by atoms with Gasteiger partial charge in [-0.3, -0.25) is 0 Å². The van der Waals surface area contributed by atoms with E-state index >= 15 is 0 Å². The van der Waals surface area contributed by atoms with Crippen molar-refractivity contribution in [3.63, 3.8) is 0 Å². The number of rotatable bonds is 4. The van der Waals surface area contributed by atoms with E-state index in [1.54, 1.807) is 0 Å². The molecule has 1 aromatic heterocycles. The molecule has 1 heterocycles. The van der Waals surface area contributed by atoms with Gasteiger partial charge in [0.15, 0.2) is 0 Å². The fourth-order valence-corrected chi connectivity index (χ4v) is 3.46. The summed E-state index contributed by atoms with van der Waals surface area (Å²) in [6.45, 7) is 4.27. The maximum Gasteiger partial charge on any atom is 0.0483 e. The molecular weight excluding hydrogens is 244 g/mol. The minimum absolute atomic E-state index is 0.723. The van der Waals surface area contributed by atoms with E-state index in [1.807, 2.05) is 0 Å². The van der Waals surface area contributed by atoms with Crippen molar-refractivity contribution in [1.82, 2.24) is 9.88 Å². The molecule has 20 heavy (non-hydrogen) atoms. The molecule has 2 aromatic rings. The third kappa shape index (κ3) is 2.90. The van der Waals surface area contributed by atoms with E-state index in [0.717, 1.165) is 19.1 Å². The number of hydrogen-bond acceptors (Lipinski definition) is 1. The molecule has 1 aliphatic rings. The summed E-state index contributed by atoms with van der Waals surface area (Å²) >= 11 is 0. The van der Waals surface area contributed by atoms with E-state index in [-0.39, 0.29) is 0 Å². The molecular formula is C18H26N2. The highest BCUT2D eigenvalue weighted by molar-refractivity contribution is 5.83. The number of aryl methyl sites for hydroxylation is 1. The van der Waals surface area contributed by atoms with E-state index in [9.17, 15) is 0 Å². The highest BCUT2D eigenvalue weighted by Gasteiger charge is 2.13. The molecule has 0 atom stereocenters. The van der Waals surface area contributed by atoms with Gasteiger partial charge in [0.1, 0.15) is 0 Å². The zero-order valence-electron chi connectivity index (χ0n) is 12.6. The van der Waals surface area contributed by atoms with Gasteiger partial charge in [-0.05, 0) is 31.4 Å². The molecule has 1 saturated carbocycles. The van der Waals surface area contributed by atoms with Crippen molar-refractivity contribution in [2.45, 2.75) is 64.6 Å². The van der Waals surface area contributed by atoms with Gasteiger partial charge in [-0.15, -0.1) is 0 Å². The number of nitrogens with zero attached hydrogens (tertiary/aromatic N) is 1. The number of fused-ring (bicyclic) bond motifs is 1. The molecule has 0 unspecified atom stereocenters. The third-order valence-electron chi connectivity index (χ3n) is 4.65. The van der Waals surface area contributed by atoms with Crippen molar-refractivity contribution in [2.24, 2.45) is 0 Å². The Morgan fingerprint density at radius 1 is 1.10 bits per heavy atom. The van der Waals surface area contributed by atoms with Gasteiger partial charge < -0.3 is 9.88 Å². The first kappa shape index (κ1) is 13.7. The number of benzene rings is 1. The summed E-state index contributed by atoms with van der Waals surface area (Å²) in [6.07, 6.45) is 10.7. The lowest BCUT2D eigenvalue weighted by Gasteiger charge is -2.15. The lowest BCUT2D eigenvalue weighted by Crippen LogP contribution is -2.27. The quantitative estimate of drug-likeness (QED) is 0.811. The molecule has 3 rings (SSSR count). The second kappa shape index (κ2) is 6.45. The fourth-order valence-electron chi connectivity index (χ4n) is 3.46. The minimum Gasteiger partial charge on any atom is -0.347 e. The lowest BCUT2D eigenvalue weighted by molar-refractivity contribution is 0.459. The lowest BCUT2D eigenvalue weighted by atomic mass is 10.1. The number of para-hydroxylation sites is 1. The van der Waals surface area contributed by atoms with Crippen molar-refractivity contribution in [3.8, 4) is 0 Å². The Labute approximate surface area is 122 Å². The van der Waals surface area contributed by atoms with E-state index in [1.165, 1.54) is 55.0 Å². The van der Waals surface area contributed by atoms with Gasteiger partial charge in [0.05, 0.1) is 0 Å². The van der Waals surface area contributed by atoms with Crippen LogP contribution in [0.2, 0.25) is 0 Å². The van der Waals surface area contributed by atoms with E-state index in [0.29, 0.717) is 0 Å². The molecule has 0 spiro atoms. The summed E-state index contributed by atoms with van der Waals surface area (Å²) in [5.41, 5.74) is 2.82. The molecule has 1 aliphatic carbocycles. The summed E-state index contributed by atoms with van der Waals surface area (Å²) < 4.78 is 2.36. The molecule has 108 valence electrons. The zero-order valence-corrected chi connectivity index (χ0v) is 12.6. The van der Waals surface area contributed by atoms with Crippen LogP contribution < -0.4 is 5.32 Å². The van der Waals surface area contributed by atoms with Crippen LogP contribution in [0, 0.1) is 0 Å². The molecule has 1 N–H and O–H groups in total. The highest BCUT2D eigenvalue weighted by atomic mass is 15.0. The SMILES string of the molecule is CCn1cc(CNC2CCCCCC2)c2ccccc21. The summed E-state index contributed by atoms with van der Waals surface area (Å²) in [4.78, 5) is 0. The first-order valence-electron chi connectivity index (χ1n) is 8.18. The van der Waals surface area contributed by atoms with Gasteiger partial charge >= 0.3 is 0 Å². The number of aromatic nitrogens is 1. The van der Waals surface area contributed by atoms with Gasteiger partial charge in [0.2, 0.25) is 0 Å². The predicted octanol–water partition coefficient (Wildman–Crippen LogP) is 4.47. The average Bonchev–Trinajstić information content (AvgIpc) is 2.66. The molecule has 0 saturated heterocycles. The van der Waals surface area contributed by atoms with E-state index in [2.05, 4.69) is 47.3 Å². The number of hydrogen-bond donors (Lipinski definition) is 1. The summed E-state index contributed by atoms with van der Waals surface area (Å²) in [7, 11) is 0. The van der Waals surface area contributed by atoms with Crippen LogP contribution in [0.25, 0.3) is 10.9 Å². The van der Waals surface area contributed by atoms with Crippen molar-refractivity contribution in [2.75, 3.05) is 0 Å². The standard InChI is InChI=1S/C18H26N2/c1-2-20-14-15(17-11-7-8-12-18(17)20)13-19-16-9-5-3-4-6-10-16/h7-8,11-12,14,16,19H,2-6,9-10,13H2,1H3. The molecule has 0 amide bonds. The monoisotopic (exact) mass is 270 g/mol. The average molecular weight is 270 g/mol. The van der Waals surface area contributed by atoms with Crippen LogP contribution in [-0.4, -0.2) is 10.6 Å². The molecule has 0 radical (unpaired) electrons. The van der Waals surface area contributed by atoms with Crippen LogP contribution >= 0.6 is 0 Å². The van der Waals surface area contributed by atoms with Crippen molar-refractivity contribution < 1.29 is 0 Å². The first-order chi connectivity index (χ1) is 9.88. The Kier molecular flexibility index (Phi) is 4.41. The molecule has 1 aromatic carbocycles. The van der Waals surface area contributed by atoms with Crippen LogP contribution in [-0.2, 0) is 13.1 Å². The van der Waals surface area contributed by atoms with Crippen LogP contribution in [0.4, 0.5) is 0 Å². The van der Waals surface area contributed by atoms with E-state index < -0.39 is 0 Å². The van der Waals surface area contributed by atoms with Crippen molar-refractivity contribution >= 4 is 10.9 Å². The Hall–Kier alpha value is -1.28. The smallest absolute Gasteiger partial charge is 0.0483 e. The fraction of sp³-hybridized carbons (Fsp3) is 0.556. The summed E-state index contributed by atoms with van der Waals surface area (Å²) in [5, 5.41) is 5.21. The van der Waals surface area contributed by atoms with E-state index in [4.69, 9.17) is 0 Å². The Morgan fingerprint density at radius 2 is 1.85 bits per heavy atom. The molecule has 2 nitrogen and oxygen atoms in total. The molecule has 1 fully saturated rings. The van der Waals surface area contributed by atoms with Gasteiger partial charge in [-0.1, -0.05) is 43.9 Å². The van der Waals surface area contributed by atoms with Crippen LogP contribution in [0.15, 0.2) is 30.5 Å². The minimum atomic E-state index is 0.723. The van der Waals surface area contributed by atoms with Crippen LogP contribution in [0.5, 0.6) is 0 Å². The molecule has 2 heteroatoms. The maximum atomic E-state index is 3.79. The van der Waals surface area contributed by atoms with Gasteiger partial charge in [0, 0.05) is 36.2 Å². The summed E-state index contributed by atoms with van der Waals surface area (Å²) in [5.74, 6) is 0. The normalized spacial score (nSPS) is 17.4. The summed E-state index contributed by atoms with van der Waals surface area (Å²) in [6, 6.07) is 9.50. The predicted molar refractivity (Wildman–Crippen MR) is 85.9 cm³/mol. The highest BCUT2D eigenvalue weighted by Crippen LogP contribution is 2.22. The van der Waals surface area contributed by atoms with Gasteiger partial charge in [-0.25, -0.2) is 0 Å². The Balaban J connectivity index is 1.73. The molecule has 0 aliphatic heterocycles. The van der Waals surface area contributed by atoms with Gasteiger partial charge in [0.25, 0.3) is 0 Å². The van der Waals surface area contributed by atoms with Crippen LogP contribution in [0.1, 0.15) is 51.0 Å². The Morgan fingerprint density at radius 3 is 2.60 bits per heavy atom. The maximum absolute atomic E-state index is 3.79. The molecule has 0 bridgehead atoms. The van der Waals surface area contributed by atoms with Crippen molar-refractivity contribution in [3.05, 3.63) is 36.0 Å². The third-order valence-corrected chi connectivity index (χ3v) is 4.65. The van der Waals surface area contributed by atoms with Crippen molar-refractivity contribution in [1.29, 1.82) is 0 Å². The van der Waals surface area contributed by atoms with Gasteiger partial charge in [-0.2, -0.15) is 0 Å². The Bertz CT molecular complexity index is 548. The topological polar surface area (TPSA) is 17.0 Å². The largest absolute Gasteiger partial charge is 0.347 e. The second-order valence-electron chi connectivity index (χ2n) is 6.03. The zero-order chi connectivity index (χ0) is 13.8. The second-order valence-corrected chi connectivity index (χ2v) is 6.03. The van der Waals surface area contributed by atoms with Crippen LogP contribution in [0.3, 0.4) is 0 Å².